The SMILES string of the molecule is Cc1nc2c(-c3c(F)cc(Cl)cc3F)nc([C@H]3CCO[C@@H](c4cnn(C)c4)C3)cn2c(=O)c1C. The molecule has 0 N–H and O–H groups in total. The Hall–Kier alpha value is -3.17. The molecule has 176 valence electrons. The van der Waals surface area contributed by atoms with Crippen LogP contribution >= 0.6 is 11.6 Å². The van der Waals surface area contributed by atoms with Gasteiger partial charge in [-0.3, -0.25) is 13.9 Å². The molecule has 0 amide bonds. The molecule has 4 heterocycles. The van der Waals surface area contributed by atoms with Gasteiger partial charge < -0.3 is 4.74 Å². The molecule has 34 heavy (non-hydrogen) atoms. The van der Waals surface area contributed by atoms with Gasteiger partial charge in [-0.2, -0.15) is 5.10 Å². The summed E-state index contributed by atoms with van der Waals surface area (Å²) in [7, 11) is 1.83. The van der Waals surface area contributed by atoms with E-state index < -0.39 is 11.6 Å². The van der Waals surface area contributed by atoms with E-state index in [4.69, 9.17) is 16.3 Å². The van der Waals surface area contributed by atoms with E-state index in [2.05, 4.69) is 15.1 Å². The molecule has 0 saturated carbocycles. The Morgan fingerprint density at radius 1 is 1.15 bits per heavy atom. The maximum atomic E-state index is 15.0. The zero-order chi connectivity index (χ0) is 24.1. The summed E-state index contributed by atoms with van der Waals surface area (Å²) in [6.45, 7) is 3.83. The van der Waals surface area contributed by atoms with Crippen molar-refractivity contribution in [2.75, 3.05) is 6.61 Å². The lowest BCUT2D eigenvalue weighted by Crippen LogP contribution is -2.24. The highest BCUT2D eigenvalue weighted by Gasteiger charge is 2.29. The molecule has 0 unspecified atom stereocenters. The molecular weight excluding hydrogens is 464 g/mol. The second-order valence-electron chi connectivity index (χ2n) is 8.61. The van der Waals surface area contributed by atoms with Crippen LogP contribution in [0.3, 0.4) is 0 Å². The lowest BCUT2D eigenvalue weighted by Gasteiger charge is -2.29. The van der Waals surface area contributed by atoms with Crippen LogP contribution in [0.25, 0.3) is 16.9 Å². The van der Waals surface area contributed by atoms with Crippen molar-refractivity contribution in [2.24, 2.45) is 7.05 Å². The number of fused-ring (bicyclic) bond motifs is 1. The van der Waals surface area contributed by atoms with Crippen molar-refractivity contribution in [3.63, 3.8) is 0 Å². The summed E-state index contributed by atoms with van der Waals surface area (Å²) in [5, 5.41) is 4.14. The molecule has 1 fully saturated rings. The van der Waals surface area contributed by atoms with Gasteiger partial charge in [-0.25, -0.2) is 18.7 Å². The standard InChI is InChI=1S/C24H22ClF2N5O2/c1-12-13(2)29-23-22(21-17(26)7-16(25)8-18(21)27)30-19(11-32(23)24(12)33)14-4-5-34-20(6-14)15-9-28-31(3)10-15/h7-11,14,20H,4-6H2,1-3H3/t14-,20+/m0/s1. The maximum Gasteiger partial charge on any atom is 0.261 e. The molecular formula is C24H22ClF2N5O2. The average molecular weight is 486 g/mol. The minimum absolute atomic E-state index is 0.0335. The molecule has 3 aromatic heterocycles. The molecule has 4 aromatic rings. The Morgan fingerprint density at radius 3 is 2.56 bits per heavy atom. The van der Waals surface area contributed by atoms with Crippen LogP contribution < -0.4 is 5.56 Å². The predicted molar refractivity (Wildman–Crippen MR) is 123 cm³/mol. The molecule has 5 rings (SSSR count). The molecule has 7 nitrogen and oxygen atoms in total. The normalized spacial score (nSPS) is 18.5. The Morgan fingerprint density at radius 2 is 1.88 bits per heavy atom. The van der Waals surface area contributed by atoms with Crippen LogP contribution in [0.1, 0.15) is 47.4 Å². The molecule has 1 aliphatic heterocycles. The Balaban J connectivity index is 1.70. The molecule has 0 radical (unpaired) electrons. The van der Waals surface area contributed by atoms with Gasteiger partial charge in [0.15, 0.2) is 5.65 Å². The molecule has 1 aliphatic rings. The Bertz CT molecular complexity index is 1460. The van der Waals surface area contributed by atoms with Crippen LogP contribution in [-0.2, 0) is 11.8 Å². The predicted octanol–water partition coefficient (Wildman–Crippen LogP) is 4.67. The fraction of sp³-hybridized carbons (Fsp3) is 0.333. The van der Waals surface area contributed by atoms with Gasteiger partial charge in [0, 0.05) is 53.8 Å². The summed E-state index contributed by atoms with van der Waals surface area (Å²) >= 11 is 5.84. The highest BCUT2D eigenvalue weighted by molar-refractivity contribution is 6.30. The third-order valence-electron chi connectivity index (χ3n) is 6.34. The van der Waals surface area contributed by atoms with Crippen LogP contribution in [0.2, 0.25) is 5.02 Å². The summed E-state index contributed by atoms with van der Waals surface area (Å²) in [6.07, 6.45) is 6.31. The van der Waals surface area contributed by atoms with Crippen molar-refractivity contribution in [3.8, 4) is 11.3 Å². The first-order chi connectivity index (χ1) is 16.2. The zero-order valence-corrected chi connectivity index (χ0v) is 19.6. The number of halogens is 3. The number of hydrogen-bond donors (Lipinski definition) is 0. The average Bonchev–Trinajstić information content (AvgIpc) is 3.23. The van der Waals surface area contributed by atoms with Gasteiger partial charge >= 0.3 is 0 Å². The summed E-state index contributed by atoms with van der Waals surface area (Å²) < 4.78 is 38.9. The van der Waals surface area contributed by atoms with Crippen molar-refractivity contribution in [1.29, 1.82) is 0 Å². The van der Waals surface area contributed by atoms with Crippen LogP contribution in [-0.4, -0.2) is 30.8 Å². The molecule has 0 spiro atoms. The third-order valence-corrected chi connectivity index (χ3v) is 6.56. The fourth-order valence-corrected chi connectivity index (χ4v) is 4.58. The molecule has 0 bridgehead atoms. The molecule has 0 aliphatic carbocycles. The third kappa shape index (κ3) is 3.88. The van der Waals surface area contributed by atoms with E-state index in [1.807, 2.05) is 13.2 Å². The smallest absolute Gasteiger partial charge is 0.261 e. The minimum atomic E-state index is -0.871. The molecule has 10 heteroatoms. The summed E-state index contributed by atoms with van der Waals surface area (Å²) in [5.41, 5.74) is 1.79. The van der Waals surface area contributed by atoms with Crippen molar-refractivity contribution >= 4 is 17.2 Å². The first kappa shape index (κ1) is 22.6. The van der Waals surface area contributed by atoms with Crippen molar-refractivity contribution in [1.82, 2.24) is 24.1 Å². The quantitative estimate of drug-likeness (QED) is 0.421. The highest BCUT2D eigenvalue weighted by Crippen LogP contribution is 2.38. The number of aryl methyl sites for hydroxylation is 2. The lowest BCUT2D eigenvalue weighted by atomic mass is 9.90. The minimum Gasteiger partial charge on any atom is -0.373 e. The van der Waals surface area contributed by atoms with E-state index in [1.54, 1.807) is 30.9 Å². The van der Waals surface area contributed by atoms with Gasteiger partial charge in [0.25, 0.3) is 5.56 Å². The number of benzene rings is 1. The van der Waals surface area contributed by atoms with Gasteiger partial charge in [0.2, 0.25) is 0 Å². The lowest BCUT2D eigenvalue weighted by molar-refractivity contribution is 0.00455. The van der Waals surface area contributed by atoms with Gasteiger partial charge in [0.1, 0.15) is 17.3 Å². The van der Waals surface area contributed by atoms with E-state index >= 15 is 0 Å². The van der Waals surface area contributed by atoms with Crippen LogP contribution in [0, 0.1) is 25.5 Å². The molecule has 2 atom stereocenters. The van der Waals surface area contributed by atoms with Gasteiger partial charge in [-0.05, 0) is 38.8 Å². The van der Waals surface area contributed by atoms with Crippen molar-refractivity contribution in [3.05, 3.63) is 80.2 Å². The van der Waals surface area contributed by atoms with Crippen LogP contribution in [0.5, 0.6) is 0 Å². The number of hydrogen-bond acceptors (Lipinski definition) is 5. The number of nitrogens with zero attached hydrogens (tertiary/aromatic N) is 5. The van der Waals surface area contributed by atoms with Crippen LogP contribution in [0.4, 0.5) is 8.78 Å². The van der Waals surface area contributed by atoms with E-state index in [0.717, 1.165) is 17.7 Å². The summed E-state index contributed by atoms with van der Waals surface area (Å²) in [5.74, 6) is -1.84. The van der Waals surface area contributed by atoms with Gasteiger partial charge in [-0.15, -0.1) is 0 Å². The molecule has 1 saturated heterocycles. The van der Waals surface area contributed by atoms with E-state index in [9.17, 15) is 13.6 Å². The maximum absolute atomic E-state index is 15.0. The Kier molecular flexibility index (Phi) is 5.69. The van der Waals surface area contributed by atoms with E-state index in [0.29, 0.717) is 36.4 Å². The summed E-state index contributed by atoms with van der Waals surface area (Å²) in [4.78, 5) is 22.3. The zero-order valence-electron chi connectivity index (χ0n) is 18.8. The van der Waals surface area contributed by atoms with E-state index in [1.165, 1.54) is 4.40 Å². The second-order valence-corrected chi connectivity index (χ2v) is 9.04. The van der Waals surface area contributed by atoms with Crippen LogP contribution in [0.15, 0.2) is 35.5 Å². The first-order valence-electron chi connectivity index (χ1n) is 10.9. The number of aromatic nitrogens is 5. The first-order valence-corrected chi connectivity index (χ1v) is 11.3. The largest absolute Gasteiger partial charge is 0.373 e. The van der Waals surface area contributed by atoms with E-state index in [-0.39, 0.29) is 39.5 Å². The number of ether oxygens (including phenoxy) is 1. The van der Waals surface area contributed by atoms with Gasteiger partial charge in [-0.1, -0.05) is 11.6 Å². The topological polar surface area (TPSA) is 74.3 Å². The van der Waals surface area contributed by atoms with Crippen molar-refractivity contribution in [2.45, 2.75) is 38.7 Å². The Labute approximate surface area is 199 Å². The monoisotopic (exact) mass is 485 g/mol. The molecule has 1 aromatic carbocycles. The fourth-order valence-electron chi connectivity index (χ4n) is 4.39. The van der Waals surface area contributed by atoms with Crippen molar-refractivity contribution < 1.29 is 13.5 Å². The van der Waals surface area contributed by atoms with Gasteiger partial charge in [0.05, 0.1) is 23.6 Å². The number of rotatable bonds is 3. The second kappa shape index (κ2) is 8.56. The summed E-state index contributed by atoms with van der Waals surface area (Å²) in [6, 6.07) is 2.05. The highest BCUT2D eigenvalue weighted by atomic mass is 35.5.